The van der Waals surface area contributed by atoms with Crippen LogP contribution in [0, 0.1) is 5.92 Å². The Labute approximate surface area is 110 Å². The molecule has 0 aliphatic heterocycles. The van der Waals surface area contributed by atoms with Crippen molar-refractivity contribution in [1.29, 1.82) is 0 Å². The van der Waals surface area contributed by atoms with Crippen LogP contribution in [0.15, 0.2) is 0 Å². The van der Waals surface area contributed by atoms with E-state index >= 15 is 0 Å². The number of carbonyl (C=O) groups is 1. The summed E-state index contributed by atoms with van der Waals surface area (Å²) in [6.07, 6.45) is 6.02. The number of nitrogens with two attached hydrogens (primary N) is 1. The van der Waals surface area contributed by atoms with Crippen LogP contribution < -0.4 is 16.4 Å². The summed E-state index contributed by atoms with van der Waals surface area (Å²) in [6, 6.07) is 0.344. The number of nitrogens with zero attached hydrogens (tertiary/aromatic N) is 1. The van der Waals surface area contributed by atoms with Gasteiger partial charge < -0.3 is 16.4 Å². The van der Waals surface area contributed by atoms with Crippen LogP contribution in [0.25, 0.3) is 0 Å². The Morgan fingerprint density at radius 2 is 2.17 bits per heavy atom. The van der Waals surface area contributed by atoms with Crippen molar-refractivity contribution < 1.29 is 4.79 Å². The second kappa shape index (κ2) is 4.76. The lowest BCUT2D eigenvalue weighted by atomic mass is 10.2. The molecule has 18 heavy (non-hydrogen) atoms. The fraction of sp³-hybridized carbons (Fsp3) is 0.667. The van der Waals surface area contributed by atoms with Gasteiger partial charge in [0.25, 0.3) is 5.91 Å². The molecule has 2 aliphatic rings. The normalized spacial score (nSPS) is 18.7. The van der Waals surface area contributed by atoms with E-state index in [-0.39, 0.29) is 5.91 Å². The first-order valence-corrected chi connectivity index (χ1v) is 7.31. The number of amides is 1. The molecule has 0 radical (unpaired) electrons. The third kappa shape index (κ3) is 2.75. The van der Waals surface area contributed by atoms with E-state index in [4.69, 9.17) is 5.73 Å². The molecular formula is C12H18N4OS. The highest BCUT2D eigenvalue weighted by Crippen LogP contribution is 2.33. The van der Waals surface area contributed by atoms with Gasteiger partial charge in [0, 0.05) is 12.6 Å². The Hall–Kier alpha value is -1.30. The minimum Gasteiger partial charge on any atom is -0.382 e. The van der Waals surface area contributed by atoms with Crippen molar-refractivity contribution in [3.8, 4) is 0 Å². The van der Waals surface area contributed by atoms with Crippen molar-refractivity contribution in [2.24, 2.45) is 5.92 Å². The van der Waals surface area contributed by atoms with Crippen LogP contribution in [-0.2, 0) is 0 Å². The Morgan fingerprint density at radius 1 is 1.39 bits per heavy atom. The lowest BCUT2D eigenvalue weighted by Crippen LogP contribution is -2.26. The predicted molar refractivity (Wildman–Crippen MR) is 72.8 cm³/mol. The number of carbonyl (C=O) groups excluding carboxylic acids is 1. The first kappa shape index (κ1) is 11.8. The smallest absolute Gasteiger partial charge is 0.258 e. The number of hydrogen-bond donors (Lipinski definition) is 3. The lowest BCUT2D eigenvalue weighted by Gasteiger charge is -2.07. The first-order valence-electron chi connectivity index (χ1n) is 6.54. The zero-order valence-corrected chi connectivity index (χ0v) is 11.1. The highest BCUT2D eigenvalue weighted by Gasteiger charge is 2.27. The average molecular weight is 266 g/mol. The molecule has 0 bridgehead atoms. The Balaban J connectivity index is 1.62. The van der Waals surface area contributed by atoms with Crippen molar-refractivity contribution >= 4 is 28.3 Å². The zero-order valence-electron chi connectivity index (χ0n) is 10.2. The summed E-state index contributed by atoms with van der Waals surface area (Å²) < 4.78 is 4.07. The molecule has 0 saturated heterocycles. The number of hydrogen-bond acceptors (Lipinski definition) is 5. The Morgan fingerprint density at radius 3 is 2.83 bits per heavy atom. The van der Waals surface area contributed by atoms with Gasteiger partial charge in [0.05, 0.1) is 0 Å². The highest BCUT2D eigenvalue weighted by molar-refractivity contribution is 7.11. The van der Waals surface area contributed by atoms with Crippen molar-refractivity contribution in [3.63, 3.8) is 0 Å². The molecule has 1 aromatic rings. The van der Waals surface area contributed by atoms with E-state index in [1.165, 1.54) is 30.8 Å². The molecule has 2 saturated carbocycles. The summed E-state index contributed by atoms with van der Waals surface area (Å²) in [4.78, 5) is 12.0. The molecule has 2 aliphatic carbocycles. The van der Waals surface area contributed by atoms with Gasteiger partial charge in [-0.3, -0.25) is 4.79 Å². The highest BCUT2D eigenvalue weighted by atomic mass is 32.1. The van der Waals surface area contributed by atoms with E-state index in [0.717, 1.165) is 30.3 Å². The van der Waals surface area contributed by atoms with Crippen LogP contribution in [0.5, 0.6) is 0 Å². The summed E-state index contributed by atoms with van der Waals surface area (Å²) in [7, 11) is 0. The average Bonchev–Trinajstić information content (AvgIpc) is 3.22. The largest absolute Gasteiger partial charge is 0.382 e. The lowest BCUT2D eigenvalue weighted by molar-refractivity contribution is 0.0953. The van der Waals surface area contributed by atoms with Gasteiger partial charge in [-0.25, -0.2) is 0 Å². The zero-order chi connectivity index (χ0) is 12.5. The molecule has 4 N–H and O–H groups in total. The number of aromatic nitrogens is 1. The van der Waals surface area contributed by atoms with Crippen LogP contribution in [0.1, 0.15) is 42.5 Å². The van der Waals surface area contributed by atoms with Gasteiger partial charge in [0.2, 0.25) is 0 Å². The van der Waals surface area contributed by atoms with Gasteiger partial charge in [-0.15, -0.1) is 0 Å². The summed E-state index contributed by atoms with van der Waals surface area (Å²) in [5.74, 6) is 1.14. The predicted octanol–water partition coefficient (Wildman–Crippen LogP) is 1.83. The van der Waals surface area contributed by atoms with E-state index in [0.29, 0.717) is 17.4 Å². The van der Waals surface area contributed by atoms with E-state index in [1.807, 2.05) is 0 Å². The minimum absolute atomic E-state index is 0.0855. The molecule has 3 rings (SSSR count). The monoisotopic (exact) mass is 266 g/mol. The van der Waals surface area contributed by atoms with E-state index in [1.54, 1.807) is 0 Å². The Kier molecular flexibility index (Phi) is 3.11. The molecule has 2 fully saturated rings. The molecule has 1 aromatic heterocycles. The summed E-state index contributed by atoms with van der Waals surface area (Å²) >= 11 is 1.28. The van der Waals surface area contributed by atoms with Crippen LogP contribution in [0.2, 0.25) is 0 Å². The topological polar surface area (TPSA) is 80.0 Å². The molecule has 0 atom stereocenters. The summed E-state index contributed by atoms with van der Waals surface area (Å²) in [5.41, 5.74) is 6.31. The summed E-state index contributed by atoms with van der Waals surface area (Å²) in [6.45, 7) is 0.899. The van der Waals surface area contributed by atoms with E-state index < -0.39 is 0 Å². The van der Waals surface area contributed by atoms with Crippen molar-refractivity contribution in [2.75, 3.05) is 17.6 Å². The van der Waals surface area contributed by atoms with E-state index in [9.17, 15) is 4.79 Å². The van der Waals surface area contributed by atoms with Gasteiger partial charge in [-0.05, 0) is 36.7 Å². The van der Waals surface area contributed by atoms with Gasteiger partial charge in [-0.1, -0.05) is 12.8 Å². The molecule has 6 heteroatoms. The minimum atomic E-state index is -0.0855. The van der Waals surface area contributed by atoms with E-state index in [2.05, 4.69) is 15.0 Å². The number of nitrogens with one attached hydrogen (secondary N) is 2. The van der Waals surface area contributed by atoms with Crippen molar-refractivity contribution in [3.05, 3.63) is 5.56 Å². The maximum atomic E-state index is 12.0. The van der Waals surface area contributed by atoms with Gasteiger partial charge in [-0.2, -0.15) is 4.37 Å². The molecule has 0 aromatic carbocycles. The molecular weight excluding hydrogens is 248 g/mol. The van der Waals surface area contributed by atoms with Crippen LogP contribution >= 0.6 is 11.5 Å². The second-order valence-electron chi connectivity index (χ2n) is 5.18. The standard InChI is InChI=1S/C12H18N4OS/c13-10-9(11(17)15-8-3-4-8)12(18-16-10)14-6-5-7-1-2-7/h7-8,14H,1-6H2,(H2,13,16)(H,15,17). The quantitative estimate of drug-likeness (QED) is 0.734. The fourth-order valence-corrected chi connectivity index (χ4v) is 2.66. The Bertz CT molecular complexity index is 451. The van der Waals surface area contributed by atoms with Crippen molar-refractivity contribution in [1.82, 2.24) is 9.69 Å². The SMILES string of the molecule is Nc1nsc(NCCC2CC2)c1C(=O)NC1CC1. The fourth-order valence-electron chi connectivity index (χ4n) is 1.92. The van der Waals surface area contributed by atoms with Crippen LogP contribution in [0.3, 0.4) is 0 Å². The molecule has 98 valence electrons. The number of anilines is 2. The second-order valence-corrected chi connectivity index (χ2v) is 5.95. The third-order valence-electron chi connectivity index (χ3n) is 3.39. The maximum Gasteiger partial charge on any atom is 0.258 e. The third-order valence-corrected chi connectivity index (χ3v) is 4.21. The number of nitrogen functional groups attached to an aromatic ring is 1. The van der Waals surface area contributed by atoms with Crippen molar-refractivity contribution in [2.45, 2.75) is 38.1 Å². The molecule has 1 amide bonds. The molecule has 1 heterocycles. The van der Waals surface area contributed by atoms with Crippen LogP contribution in [0.4, 0.5) is 10.8 Å². The van der Waals surface area contributed by atoms with Gasteiger partial charge in [0.1, 0.15) is 10.6 Å². The number of rotatable bonds is 6. The molecule has 0 spiro atoms. The maximum absolute atomic E-state index is 12.0. The summed E-state index contributed by atoms with van der Waals surface area (Å²) in [5, 5.41) is 7.06. The van der Waals surface area contributed by atoms with Gasteiger partial charge >= 0.3 is 0 Å². The molecule has 5 nitrogen and oxygen atoms in total. The molecule has 0 unspecified atom stereocenters. The first-order chi connectivity index (χ1) is 8.74. The van der Waals surface area contributed by atoms with Crippen LogP contribution in [-0.4, -0.2) is 22.9 Å². The van der Waals surface area contributed by atoms with Gasteiger partial charge in [0.15, 0.2) is 5.82 Å².